The number of Topliss-reactive ketones (excluding diaryl/α,β-unsaturated/α-hetero) is 1. The molecule has 1 saturated heterocycles. The van der Waals surface area contributed by atoms with E-state index in [4.69, 9.17) is 0 Å². The average Bonchev–Trinajstić information content (AvgIpc) is 3.01. The number of carbonyl (C=O) groups excluding carboxylic acids is 2. The van der Waals surface area contributed by atoms with E-state index in [-0.39, 0.29) is 11.3 Å². The van der Waals surface area contributed by atoms with E-state index in [2.05, 4.69) is 15.9 Å². The quantitative estimate of drug-likeness (QED) is 0.309. The molecule has 1 N–H and O–H groups in total. The minimum Gasteiger partial charge on any atom is -0.507 e. The van der Waals surface area contributed by atoms with Crippen LogP contribution in [-0.4, -0.2) is 16.8 Å². The summed E-state index contributed by atoms with van der Waals surface area (Å²) in [5.74, 6) is -1.51. The minimum atomic E-state index is -0.720. The van der Waals surface area contributed by atoms with E-state index in [0.717, 1.165) is 21.2 Å². The van der Waals surface area contributed by atoms with Gasteiger partial charge in [0.05, 0.1) is 11.6 Å². The number of nitrogens with zero attached hydrogens (tertiary/aromatic N) is 1. The van der Waals surface area contributed by atoms with Crippen molar-refractivity contribution in [3.63, 3.8) is 0 Å². The Morgan fingerprint density at radius 1 is 0.900 bits per heavy atom. The van der Waals surface area contributed by atoms with Gasteiger partial charge in [0, 0.05) is 15.7 Å². The highest BCUT2D eigenvalue weighted by Gasteiger charge is 2.46. The van der Waals surface area contributed by atoms with Gasteiger partial charge in [-0.05, 0) is 60.9 Å². The van der Waals surface area contributed by atoms with E-state index in [1.165, 1.54) is 4.90 Å². The summed E-state index contributed by atoms with van der Waals surface area (Å²) in [6.07, 6.45) is 0. The number of amides is 1. The monoisotopic (exact) mass is 461 g/mol. The Labute approximate surface area is 183 Å². The van der Waals surface area contributed by atoms with Gasteiger partial charge in [0.25, 0.3) is 11.7 Å². The van der Waals surface area contributed by atoms with Crippen molar-refractivity contribution in [2.75, 3.05) is 4.90 Å². The van der Waals surface area contributed by atoms with Crippen molar-refractivity contribution in [2.24, 2.45) is 0 Å². The Hall–Kier alpha value is -3.18. The number of carbonyl (C=O) groups is 2. The number of para-hydroxylation sites is 1. The summed E-state index contributed by atoms with van der Waals surface area (Å²) in [5, 5.41) is 11.1. The van der Waals surface area contributed by atoms with Gasteiger partial charge in [-0.1, -0.05) is 58.4 Å². The van der Waals surface area contributed by atoms with Crippen LogP contribution in [0.25, 0.3) is 5.76 Å². The van der Waals surface area contributed by atoms with E-state index in [1.807, 2.05) is 68.4 Å². The highest BCUT2D eigenvalue weighted by atomic mass is 79.9. The van der Waals surface area contributed by atoms with E-state index in [1.54, 1.807) is 18.2 Å². The lowest BCUT2D eigenvalue weighted by atomic mass is 9.94. The molecule has 1 unspecified atom stereocenters. The maximum atomic E-state index is 13.1. The average molecular weight is 462 g/mol. The van der Waals surface area contributed by atoms with Gasteiger partial charge in [0.1, 0.15) is 5.76 Å². The number of ketones is 1. The molecule has 1 heterocycles. The smallest absolute Gasteiger partial charge is 0.300 e. The number of benzene rings is 3. The summed E-state index contributed by atoms with van der Waals surface area (Å²) >= 11 is 3.42. The molecule has 3 aromatic rings. The van der Waals surface area contributed by atoms with Gasteiger partial charge >= 0.3 is 0 Å². The maximum absolute atomic E-state index is 13.1. The lowest BCUT2D eigenvalue weighted by Gasteiger charge is -2.25. The van der Waals surface area contributed by atoms with Crippen LogP contribution in [0.4, 0.5) is 5.69 Å². The first-order valence-corrected chi connectivity index (χ1v) is 10.4. The lowest BCUT2D eigenvalue weighted by Crippen LogP contribution is -2.29. The second-order valence-corrected chi connectivity index (χ2v) is 8.27. The number of aryl methyl sites for hydroxylation is 2. The van der Waals surface area contributed by atoms with Gasteiger partial charge in [-0.2, -0.15) is 0 Å². The third kappa shape index (κ3) is 3.46. The highest BCUT2D eigenvalue weighted by Crippen LogP contribution is 2.42. The molecule has 0 radical (unpaired) electrons. The first kappa shape index (κ1) is 20.1. The van der Waals surface area contributed by atoms with Gasteiger partial charge in [-0.25, -0.2) is 0 Å². The Morgan fingerprint density at radius 2 is 1.57 bits per heavy atom. The van der Waals surface area contributed by atoms with E-state index < -0.39 is 17.7 Å². The fraction of sp³-hybridized carbons (Fsp3) is 0.120. The summed E-state index contributed by atoms with van der Waals surface area (Å²) in [6, 6.07) is 21.2. The molecule has 1 aliphatic heterocycles. The number of aliphatic hydroxyl groups excluding tert-OH is 1. The van der Waals surface area contributed by atoms with Crippen LogP contribution in [0.5, 0.6) is 0 Å². The first-order valence-electron chi connectivity index (χ1n) is 9.57. The molecule has 0 bridgehead atoms. The van der Waals surface area contributed by atoms with Crippen molar-refractivity contribution in [1.29, 1.82) is 0 Å². The summed E-state index contributed by atoms with van der Waals surface area (Å²) < 4.78 is 0.886. The van der Waals surface area contributed by atoms with Crippen LogP contribution in [0, 0.1) is 13.8 Å². The Bertz CT molecular complexity index is 1170. The van der Waals surface area contributed by atoms with Crippen molar-refractivity contribution >= 4 is 39.1 Å². The minimum absolute atomic E-state index is 0.0921. The van der Waals surface area contributed by atoms with Gasteiger partial charge in [-0.15, -0.1) is 0 Å². The molecule has 0 aromatic heterocycles. The van der Waals surface area contributed by atoms with Gasteiger partial charge < -0.3 is 5.11 Å². The third-order valence-corrected chi connectivity index (χ3v) is 5.97. The van der Waals surface area contributed by atoms with Gasteiger partial charge in [-0.3, -0.25) is 14.5 Å². The highest BCUT2D eigenvalue weighted by molar-refractivity contribution is 9.10. The standard InChI is InChI=1S/C25H20BrNO3/c1-15-8-9-18(14-16(15)2)23(28)21-22(17-10-12-19(26)13-11-17)27(25(30)24(21)29)20-6-4-3-5-7-20/h3-14,22,28H,1-2H3/b23-21-. The Kier molecular flexibility index (Phi) is 5.31. The number of anilines is 1. The molecule has 0 saturated carbocycles. The second kappa shape index (κ2) is 7.92. The van der Waals surface area contributed by atoms with Crippen molar-refractivity contribution in [2.45, 2.75) is 19.9 Å². The van der Waals surface area contributed by atoms with Gasteiger partial charge in [0.15, 0.2) is 0 Å². The van der Waals surface area contributed by atoms with E-state index in [9.17, 15) is 14.7 Å². The molecule has 0 spiro atoms. The van der Waals surface area contributed by atoms with Crippen LogP contribution >= 0.6 is 15.9 Å². The maximum Gasteiger partial charge on any atom is 0.300 e. The fourth-order valence-corrected chi connectivity index (χ4v) is 3.96. The largest absolute Gasteiger partial charge is 0.507 e. The lowest BCUT2D eigenvalue weighted by molar-refractivity contribution is -0.132. The summed E-state index contributed by atoms with van der Waals surface area (Å²) in [7, 11) is 0. The molecule has 30 heavy (non-hydrogen) atoms. The zero-order valence-electron chi connectivity index (χ0n) is 16.6. The number of aliphatic hydroxyl groups is 1. The van der Waals surface area contributed by atoms with Crippen molar-refractivity contribution in [3.05, 3.63) is 105 Å². The molecule has 1 aliphatic rings. The number of hydrogen-bond acceptors (Lipinski definition) is 3. The van der Waals surface area contributed by atoms with E-state index >= 15 is 0 Å². The third-order valence-electron chi connectivity index (χ3n) is 5.44. The molecular formula is C25H20BrNO3. The normalized spacial score (nSPS) is 18.1. The van der Waals surface area contributed by atoms with Crippen LogP contribution in [0.2, 0.25) is 0 Å². The Balaban J connectivity index is 1.95. The number of halogens is 1. The van der Waals surface area contributed by atoms with Crippen LogP contribution in [-0.2, 0) is 9.59 Å². The van der Waals surface area contributed by atoms with Crippen LogP contribution in [0.1, 0.15) is 28.3 Å². The molecule has 4 nitrogen and oxygen atoms in total. The molecule has 4 rings (SSSR count). The van der Waals surface area contributed by atoms with Crippen molar-refractivity contribution in [3.8, 4) is 0 Å². The van der Waals surface area contributed by atoms with Gasteiger partial charge in [0.2, 0.25) is 0 Å². The predicted octanol–water partition coefficient (Wildman–Crippen LogP) is 5.69. The molecule has 0 aliphatic carbocycles. The van der Waals surface area contributed by atoms with E-state index in [0.29, 0.717) is 11.3 Å². The first-order chi connectivity index (χ1) is 14.4. The molecule has 1 atom stereocenters. The zero-order chi connectivity index (χ0) is 21.4. The number of rotatable bonds is 3. The topological polar surface area (TPSA) is 57.6 Å². The zero-order valence-corrected chi connectivity index (χ0v) is 18.2. The molecule has 150 valence electrons. The number of hydrogen-bond donors (Lipinski definition) is 1. The predicted molar refractivity (Wildman–Crippen MR) is 121 cm³/mol. The van der Waals surface area contributed by atoms with Crippen LogP contribution in [0.3, 0.4) is 0 Å². The van der Waals surface area contributed by atoms with Crippen molar-refractivity contribution < 1.29 is 14.7 Å². The van der Waals surface area contributed by atoms with Crippen molar-refractivity contribution in [1.82, 2.24) is 0 Å². The fourth-order valence-electron chi connectivity index (χ4n) is 3.69. The SMILES string of the molecule is Cc1ccc(/C(O)=C2/C(=O)C(=O)N(c3ccccc3)C2c2ccc(Br)cc2)cc1C. The molecule has 1 amide bonds. The summed E-state index contributed by atoms with van der Waals surface area (Å²) in [6.45, 7) is 3.93. The van der Waals surface area contributed by atoms with Crippen LogP contribution in [0.15, 0.2) is 82.8 Å². The summed E-state index contributed by atoms with van der Waals surface area (Å²) in [5.41, 5.74) is 4.04. The summed E-state index contributed by atoms with van der Waals surface area (Å²) in [4.78, 5) is 27.6. The molecule has 1 fully saturated rings. The molecule has 5 heteroatoms. The van der Waals surface area contributed by atoms with Crippen LogP contribution < -0.4 is 4.90 Å². The second-order valence-electron chi connectivity index (χ2n) is 7.36. The molecular weight excluding hydrogens is 442 g/mol. The molecule has 3 aromatic carbocycles. The Morgan fingerprint density at radius 3 is 2.20 bits per heavy atom.